The number of ether oxygens (including phenoxy) is 4. The van der Waals surface area contributed by atoms with Crippen LogP contribution in [0.3, 0.4) is 0 Å². The Morgan fingerprint density at radius 1 is 1.07 bits per heavy atom. The third kappa shape index (κ3) is 6.16. The van der Waals surface area contributed by atoms with Gasteiger partial charge in [0.2, 0.25) is 6.79 Å². The number of hydrogen-bond donors (Lipinski definition) is 0. The van der Waals surface area contributed by atoms with Gasteiger partial charge < -0.3 is 18.9 Å². The first-order valence-corrected chi connectivity index (χ1v) is 14.5. The number of carbonyl (C=O) groups is 2. The van der Waals surface area contributed by atoms with Gasteiger partial charge in [0.05, 0.1) is 18.1 Å². The van der Waals surface area contributed by atoms with Gasteiger partial charge >= 0.3 is 0 Å². The third-order valence-corrected chi connectivity index (χ3v) is 7.94. The van der Waals surface area contributed by atoms with Crippen LogP contribution in [0.5, 0.6) is 23.0 Å². The summed E-state index contributed by atoms with van der Waals surface area (Å²) in [5.74, 6) is 1.83. The van der Waals surface area contributed by atoms with Crippen molar-refractivity contribution in [3.05, 3.63) is 97.8 Å². The van der Waals surface area contributed by atoms with Gasteiger partial charge in [-0.25, -0.2) is 0 Å². The molecule has 0 aliphatic carbocycles. The molecular formula is C30H25BrClNO6S. The summed E-state index contributed by atoms with van der Waals surface area (Å²) in [6.45, 7) is 6.68. The highest BCUT2D eigenvalue weighted by molar-refractivity contribution is 9.10. The maximum Gasteiger partial charge on any atom is 0.293 e. The van der Waals surface area contributed by atoms with Gasteiger partial charge in [-0.2, -0.15) is 0 Å². The lowest BCUT2D eigenvalue weighted by Crippen LogP contribution is -2.27. The molecule has 0 N–H and O–H groups in total. The van der Waals surface area contributed by atoms with E-state index in [-0.39, 0.29) is 18.6 Å². The van der Waals surface area contributed by atoms with E-state index in [0.717, 1.165) is 27.4 Å². The van der Waals surface area contributed by atoms with Gasteiger partial charge in [0.1, 0.15) is 6.61 Å². The Morgan fingerprint density at radius 2 is 1.82 bits per heavy atom. The summed E-state index contributed by atoms with van der Waals surface area (Å²) in [4.78, 5) is 27.6. The summed E-state index contributed by atoms with van der Waals surface area (Å²) < 4.78 is 23.9. The van der Waals surface area contributed by atoms with Gasteiger partial charge in [-0.1, -0.05) is 45.7 Å². The van der Waals surface area contributed by atoms with Crippen molar-refractivity contribution >= 4 is 56.5 Å². The van der Waals surface area contributed by atoms with Gasteiger partial charge in [0, 0.05) is 21.1 Å². The van der Waals surface area contributed by atoms with Crippen LogP contribution in [0.2, 0.25) is 5.02 Å². The number of amides is 2. The molecule has 0 saturated carbocycles. The molecule has 206 valence electrons. The molecule has 0 spiro atoms. The molecule has 3 aromatic carbocycles. The van der Waals surface area contributed by atoms with E-state index < -0.39 is 5.91 Å². The quantitative estimate of drug-likeness (QED) is 0.165. The van der Waals surface area contributed by atoms with Gasteiger partial charge in [-0.3, -0.25) is 14.5 Å². The molecule has 2 aliphatic heterocycles. The first-order chi connectivity index (χ1) is 19.4. The Balaban J connectivity index is 1.40. The standard InChI is InChI=1S/C30H25BrClNO6S/c1-3-5-20-10-19(11-26(36-4-2)28(20)37-16-18-6-8-22(31)9-7-18)12-27-29(34)33(30(35)40-27)15-21-13-24-25(14-23(21)32)39-17-38-24/h3,6-14H,1,4-5,15-17H2,2H3/b27-12-. The number of benzene rings is 3. The molecule has 7 nitrogen and oxygen atoms in total. The number of hydrogen-bond acceptors (Lipinski definition) is 7. The highest BCUT2D eigenvalue weighted by Crippen LogP contribution is 2.40. The van der Waals surface area contributed by atoms with E-state index in [0.29, 0.717) is 63.7 Å². The van der Waals surface area contributed by atoms with Gasteiger partial charge in [-0.05, 0) is 78.2 Å². The fourth-order valence-electron chi connectivity index (χ4n) is 4.28. The lowest BCUT2D eigenvalue weighted by atomic mass is 10.0. The zero-order chi connectivity index (χ0) is 28.2. The average Bonchev–Trinajstić information content (AvgIpc) is 3.48. The summed E-state index contributed by atoms with van der Waals surface area (Å²) in [5, 5.41) is 0.0113. The van der Waals surface area contributed by atoms with E-state index in [1.807, 2.05) is 43.3 Å². The van der Waals surface area contributed by atoms with E-state index in [9.17, 15) is 9.59 Å². The summed E-state index contributed by atoms with van der Waals surface area (Å²) >= 11 is 10.7. The highest BCUT2D eigenvalue weighted by atomic mass is 79.9. The number of allylic oxidation sites excluding steroid dienone is 1. The van der Waals surface area contributed by atoms with Crippen LogP contribution in [0.4, 0.5) is 4.79 Å². The maximum atomic E-state index is 13.3. The molecule has 0 aromatic heterocycles. The van der Waals surface area contributed by atoms with Crippen LogP contribution in [0, 0.1) is 0 Å². The maximum absolute atomic E-state index is 13.3. The average molecular weight is 643 g/mol. The van der Waals surface area contributed by atoms with Crippen LogP contribution in [0.15, 0.2) is 70.6 Å². The van der Waals surface area contributed by atoms with Crippen molar-refractivity contribution in [3.8, 4) is 23.0 Å². The normalized spacial score (nSPS) is 15.2. The van der Waals surface area contributed by atoms with Crippen molar-refractivity contribution in [1.82, 2.24) is 4.90 Å². The van der Waals surface area contributed by atoms with Crippen molar-refractivity contribution in [2.75, 3.05) is 13.4 Å². The van der Waals surface area contributed by atoms with Gasteiger partial charge in [0.25, 0.3) is 11.1 Å². The second-order valence-corrected chi connectivity index (χ2v) is 11.2. The second-order valence-electron chi connectivity index (χ2n) is 8.91. The molecular weight excluding hydrogens is 618 g/mol. The van der Waals surface area contributed by atoms with Crippen molar-refractivity contribution in [2.24, 2.45) is 0 Å². The Labute approximate surface area is 249 Å². The van der Waals surface area contributed by atoms with Crippen LogP contribution < -0.4 is 18.9 Å². The number of nitrogens with zero attached hydrogens (tertiary/aromatic N) is 1. The minimum Gasteiger partial charge on any atom is -0.490 e. The summed E-state index contributed by atoms with van der Waals surface area (Å²) in [6.07, 6.45) is 4.01. The van der Waals surface area contributed by atoms with E-state index in [1.54, 1.807) is 24.3 Å². The van der Waals surface area contributed by atoms with Crippen molar-refractivity contribution < 1.29 is 28.5 Å². The Hall–Kier alpha value is -3.40. The first kappa shape index (κ1) is 28.1. The molecule has 0 unspecified atom stereocenters. The molecule has 10 heteroatoms. The van der Waals surface area contributed by atoms with E-state index in [4.69, 9.17) is 30.5 Å². The summed E-state index contributed by atoms with van der Waals surface area (Å²) in [7, 11) is 0. The van der Waals surface area contributed by atoms with Crippen molar-refractivity contribution in [3.63, 3.8) is 0 Å². The molecule has 0 atom stereocenters. The zero-order valence-corrected chi connectivity index (χ0v) is 24.7. The fourth-order valence-corrected chi connectivity index (χ4v) is 5.59. The van der Waals surface area contributed by atoms with E-state index in [2.05, 4.69) is 22.5 Å². The van der Waals surface area contributed by atoms with Crippen LogP contribution in [-0.4, -0.2) is 29.4 Å². The fraction of sp³-hybridized carbons (Fsp3) is 0.200. The number of rotatable bonds is 10. The van der Waals surface area contributed by atoms with Crippen LogP contribution in [-0.2, 0) is 24.4 Å². The second kappa shape index (κ2) is 12.4. The molecule has 2 heterocycles. The Bertz CT molecular complexity index is 1510. The number of thioether (sulfide) groups is 1. The zero-order valence-electron chi connectivity index (χ0n) is 21.6. The topological polar surface area (TPSA) is 74.3 Å². The molecule has 40 heavy (non-hydrogen) atoms. The molecule has 2 aliphatic rings. The summed E-state index contributed by atoms with van der Waals surface area (Å²) in [6, 6.07) is 15.0. The predicted octanol–water partition coefficient (Wildman–Crippen LogP) is 7.77. The molecule has 2 amide bonds. The number of carbonyl (C=O) groups excluding carboxylic acids is 2. The monoisotopic (exact) mass is 641 g/mol. The Kier molecular flexibility index (Phi) is 8.73. The van der Waals surface area contributed by atoms with Crippen molar-refractivity contribution in [2.45, 2.75) is 26.5 Å². The van der Waals surface area contributed by atoms with Gasteiger partial charge in [-0.15, -0.1) is 6.58 Å². The summed E-state index contributed by atoms with van der Waals surface area (Å²) in [5.41, 5.74) is 3.17. The van der Waals surface area contributed by atoms with Crippen molar-refractivity contribution in [1.29, 1.82) is 0 Å². The van der Waals surface area contributed by atoms with Gasteiger partial charge in [0.15, 0.2) is 23.0 Å². The number of halogens is 2. The molecule has 5 rings (SSSR count). The highest BCUT2D eigenvalue weighted by Gasteiger charge is 2.36. The molecule has 3 aromatic rings. The van der Waals surface area contributed by atoms with E-state index in [1.165, 1.54) is 4.90 Å². The van der Waals surface area contributed by atoms with E-state index >= 15 is 0 Å². The van der Waals surface area contributed by atoms with Crippen LogP contribution in [0.25, 0.3) is 6.08 Å². The van der Waals surface area contributed by atoms with Crippen LogP contribution in [0.1, 0.15) is 29.2 Å². The lowest BCUT2D eigenvalue weighted by Gasteiger charge is -2.17. The smallest absolute Gasteiger partial charge is 0.293 e. The minimum absolute atomic E-state index is 0.0201. The first-order valence-electron chi connectivity index (χ1n) is 12.5. The molecule has 0 radical (unpaired) electrons. The minimum atomic E-state index is -0.400. The SMILES string of the molecule is C=CCc1cc(/C=C2\SC(=O)N(Cc3cc4c(cc3Cl)OCO4)C2=O)cc(OCC)c1OCc1ccc(Br)cc1. The number of fused-ring (bicyclic) bond motifs is 1. The third-order valence-electron chi connectivity index (χ3n) is 6.16. The lowest BCUT2D eigenvalue weighted by molar-refractivity contribution is -0.123. The molecule has 1 fully saturated rings. The molecule has 0 bridgehead atoms. The molecule has 1 saturated heterocycles. The Morgan fingerprint density at radius 3 is 2.55 bits per heavy atom. The largest absolute Gasteiger partial charge is 0.490 e. The predicted molar refractivity (Wildman–Crippen MR) is 159 cm³/mol. The number of imide groups is 1. The van der Waals surface area contributed by atoms with Crippen LogP contribution >= 0.6 is 39.3 Å².